The van der Waals surface area contributed by atoms with Gasteiger partial charge in [0.1, 0.15) is 5.75 Å². The van der Waals surface area contributed by atoms with E-state index in [1.807, 2.05) is 36.4 Å². The Bertz CT molecular complexity index is 751. The van der Waals surface area contributed by atoms with Crippen LogP contribution < -0.4 is 15.8 Å². The van der Waals surface area contributed by atoms with E-state index in [0.29, 0.717) is 23.7 Å². The van der Waals surface area contributed by atoms with Gasteiger partial charge in [0.05, 0.1) is 18.8 Å². The van der Waals surface area contributed by atoms with Crippen molar-refractivity contribution in [2.75, 3.05) is 25.0 Å². The molecule has 0 bridgehead atoms. The van der Waals surface area contributed by atoms with E-state index < -0.39 is 12.0 Å². The second kappa shape index (κ2) is 7.67. The van der Waals surface area contributed by atoms with Gasteiger partial charge in [0.25, 0.3) is 0 Å². The first-order chi connectivity index (χ1) is 12.1. The highest BCUT2D eigenvalue weighted by Gasteiger charge is 2.28. The van der Waals surface area contributed by atoms with Crippen molar-refractivity contribution in [3.63, 3.8) is 0 Å². The highest BCUT2D eigenvalue weighted by atomic mass is 16.5. The Balaban J connectivity index is 1.70. The lowest BCUT2D eigenvalue weighted by molar-refractivity contribution is -0.133. The molecule has 2 aromatic rings. The second-order valence-electron chi connectivity index (χ2n) is 5.55. The van der Waals surface area contributed by atoms with Gasteiger partial charge in [-0.1, -0.05) is 30.3 Å². The maximum Gasteiger partial charge on any atom is 0.322 e. The topological polar surface area (TPSA) is 93.9 Å². The number of hydrogen-bond acceptors (Lipinski definition) is 4. The van der Waals surface area contributed by atoms with Crippen LogP contribution in [0.4, 0.5) is 10.5 Å². The van der Waals surface area contributed by atoms with Gasteiger partial charge >= 0.3 is 6.03 Å². The quantitative estimate of drug-likeness (QED) is 0.891. The molecule has 3 amide bonds. The van der Waals surface area contributed by atoms with Crippen LogP contribution in [0.15, 0.2) is 54.6 Å². The number of rotatable bonds is 4. The van der Waals surface area contributed by atoms with Gasteiger partial charge in [-0.05, 0) is 24.3 Å². The summed E-state index contributed by atoms with van der Waals surface area (Å²) in [5, 5.41) is 2.81. The number of para-hydroxylation sites is 3. The van der Waals surface area contributed by atoms with E-state index in [-0.39, 0.29) is 19.2 Å². The number of ether oxygens (including phenoxy) is 2. The highest BCUT2D eigenvalue weighted by molar-refractivity contribution is 5.91. The largest absolute Gasteiger partial charge is 0.455 e. The molecule has 1 saturated heterocycles. The molecule has 0 spiro atoms. The van der Waals surface area contributed by atoms with Crippen LogP contribution in [-0.4, -0.2) is 42.6 Å². The van der Waals surface area contributed by atoms with Crippen molar-refractivity contribution < 1.29 is 19.1 Å². The number of carbonyl (C=O) groups is 2. The van der Waals surface area contributed by atoms with Crippen LogP contribution in [0.5, 0.6) is 11.5 Å². The van der Waals surface area contributed by atoms with Gasteiger partial charge in [-0.3, -0.25) is 4.79 Å². The normalized spacial score (nSPS) is 17.0. The molecule has 7 heteroatoms. The standard InChI is InChI=1S/C18H19N3O4/c19-17(22)16-12-21(10-11-24-16)18(23)20-14-8-4-5-9-15(14)25-13-6-2-1-3-7-13/h1-9,16H,10-12H2,(H2,19,22)(H,20,23)/t16-/m0/s1. The molecular weight excluding hydrogens is 322 g/mol. The zero-order chi connectivity index (χ0) is 17.6. The zero-order valence-corrected chi connectivity index (χ0v) is 13.6. The molecule has 3 N–H and O–H groups in total. The lowest BCUT2D eigenvalue weighted by Crippen LogP contribution is -2.51. The van der Waals surface area contributed by atoms with Crippen LogP contribution in [0.3, 0.4) is 0 Å². The molecule has 1 fully saturated rings. The fourth-order valence-electron chi connectivity index (χ4n) is 2.47. The maximum atomic E-state index is 12.5. The SMILES string of the molecule is NC(=O)[C@@H]1CN(C(=O)Nc2ccccc2Oc2ccccc2)CCO1. The Morgan fingerprint density at radius 1 is 1.12 bits per heavy atom. The van der Waals surface area contributed by atoms with Gasteiger partial charge in [-0.15, -0.1) is 0 Å². The number of anilines is 1. The van der Waals surface area contributed by atoms with Crippen molar-refractivity contribution in [3.8, 4) is 11.5 Å². The third kappa shape index (κ3) is 4.27. The molecule has 0 aromatic heterocycles. The number of nitrogens with zero attached hydrogens (tertiary/aromatic N) is 1. The van der Waals surface area contributed by atoms with Crippen molar-refractivity contribution in [1.82, 2.24) is 4.90 Å². The number of morpholine rings is 1. The monoisotopic (exact) mass is 341 g/mol. The molecule has 1 aliphatic heterocycles. The minimum absolute atomic E-state index is 0.128. The van der Waals surface area contributed by atoms with E-state index in [1.54, 1.807) is 18.2 Å². The van der Waals surface area contributed by atoms with Crippen molar-refractivity contribution in [2.45, 2.75) is 6.10 Å². The summed E-state index contributed by atoms with van der Waals surface area (Å²) in [7, 11) is 0. The van der Waals surface area contributed by atoms with Gasteiger partial charge < -0.3 is 25.4 Å². The Morgan fingerprint density at radius 3 is 2.60 bits per heavy atom. The number of nitrogens with one attached hydrogen (secondary N) is 1. The highest BCUT2D eigenvalue weighted by Crippen LogP contribution is 2.29. The second-order valence-corrected chi connectivity index (χ2v) is 5.55. The number of nitrogens with two attached hydrogens (primary N) is 1. The molecule has 0 radical (unpaired) electrons. The lowest BCUT2D eigenvalue weighted by Gasteiger charge is -2.31. The lowest BCUT2D eigenvalue weighted by atomic mass is 10.2. The molecule has 0 aliphatic carbocycles. The predicted molar refractivity (Wildman–Crippen MR) is 92.5 cm³/mol. The van der Waals surface area contributed by atoms with Gasteiger partial charge in [0.15, 0.2) is 11.9 Å². The summed E-state index contributed by atoms with van der Waals surface area (Å²) in [6.45, 7) is 0.781. The first-order valence-electron chi connectivity index (χ1n) is 7.92. The van der Waals surface area contributed by atoms with E-state index in [9.17, 15) is 9.59 Å². The number of hydrogen-bond donors (Lipinski definition) is 2. The third-order valence-electron chi connectivity index (χ3n) is 3.77. The first-order valence-corrected chi connectivity index (χ1v) is 7.92. The van der Waals surface area contributed by atoms with E-state index >= 15 is 0 Å². The van der Waals surface area contributed by atoms with E-state index in [1.165, 1.54) is 4.90 Å². The summed E-state index contributed by atoms with van der Waals surface area (Å²) < 4.78 is 11.1. The Hall–Kier alpha value is -3.06. The minimum Gasteiger partial charge on any atom is -0.455 e. The summed E-state index contributed by atoms with van der Waals surface area (Å²) in [4.78, 5) is 25.2. The fraction of sp³-hybridized carbons (Fsp3) is 0.222. The minimum atomic E-state index is -0.782. The molecule has 1 heterocycles. The van der Waals surface area contributed by atoms with Crippen molar-refractivity contribution in [3.05, 3.63) is 54.6 Å². The molecule has 7 nitrogen and oxygen atoms in total. The fourth-order valence-corrected chi connectivity index (χ4v) is 2.47. The zero-order valence-electron chi connectivity index (χ0n) is 13.6. The van der Waals surface area contributed by atoms with E-state index in [2.05, 4.69) is 5.32 Å². The number of amides is 3. The number of primary amides is 1. The molecule has 130 valence electrons. The molecule has 1 aliphatic rings. The molecule has 0 unspecified atom stereocenters. The van der Waals surface area contributed by atoms with Gasteiger partial charge in [0, 0.05) is 6.54 Å². The number of benzene rings is 2. The van der Waals surface area contributed by atoms with Crippen molar-refractivity contribution >= 4 is 17.6 Å². The van der Waals surface area contributed by atoms with Crippen molar-refractivity contribution in [1.29, 1.82) is 0 Å². The average Bonchev–Trinajstić information content (AvgIpc) is 2.64. The van der Waals surface area contributed by atoms with Gasteiger partial charge in [-0.2, -0.15) is 0 Å². The van der Waals surface area contributed by atoms with Crippen LogP contribution in [0.25, 0.3) is 0 Å². The molecule has 1 atom stereocenters. The number of urea groups is 1. The third-order valence-corrected chi connectivity index (χ3v) is 3.77. The average molecular weight is 341 g/mol. The smallest absolute Gasteiger partial charge is 0.322 e. The summed E-state index contributed by atoms with van der Waals surface area (Å²) in [6, 6.07) is 16.1. The summed E-state index contributed by atoms with van der Waals surface area (Å²) in [5.41, 5.74) is 5.79. The van der Waals surface area contributed by atoms with Crippen LogP contribution in [0.2, 0.25) is 0 Å². The molecule has 25 heavy (non-hydrogen) atoms. The Morgan fingerprint density at radius 2 is 1.84 bits per heavy atom. The Labute approximate surface area is 145 Å². The molecule has 0 saturated carbocycles. The van der Waals surface area contributed by atoms with Gasteiger partial charge in [0.2, 0.25) is 5.91 Å². The summed E-state index contributed by atoms with van der Waals surface area (Å²) in [6.07, 6.45) is -0.782. The van der Waals surface area contributed by atoms with Crippen LogP contribution in [-0.2, 0) is 9.53 Å². The molecular formula is C18H19N3O4. The van der Waals surface area contributed by atoms with Crippen LogP contribution in [0.1, 0.15) is 0 Å². The predicted octanol–water partition coefficient (Wildman–Crippen LogP) is 2.20. The Kier molecular flexibility index (Phi) is 5.15. The summed E-state index contributed by atoms with van der Waals surface area (Å²) >= 11 is 0. The van der Waals surface area contributed by atoms with Crippen LogP contribution in [0, 0.1) is 0 Å². The van der Waals surface area contributed by atoms with E-state index in [0.717, 1.165) is 0 Å². The maximum absolute atomic E-state index is 12.5. The number of carbonyl (C=O) groups excluding carboxylic acids is 2. The van der Waals surface area contributed by atoms with Gasteiger partial charge in [-0.25, -0.2) is 4.79 Å². The first kappa shape index (κ1) is 16.8. The molecule has 2 aromatic carbocycles. The van der Waals surface area contributed by atoms with Crippen LogP contribution >= 0.6 is 0 Å². The van der Waals surface area contributed by atoms with Crippen molar-refractivity contribution in [2.24, 2.45) is 5.73 Å². The molecule has 3 rings (SSSR count). The van der Waals surface area contributed by atoms with E-state index in [4.69, 9.17) is 15.2 Å². The summed E-state index contributed by atoms with van der Waals surface area (Å²) in [5.74, 6) is 0.622.